The molecular weight excluding hydrogens is 264 g/mol. The summed E-state index contributed by atoms with van der Waals surface area (Å²) in [5.74, 6) is 1.56. The summed E-state index contributed by atoms with van der Waals surface area (Å²) in [6, 6.07) is 13.6. The first kappa shape index (κ1) is 14.7. The fourth-order valence-electron chi connectivity index (χ4n) is 2.17. The fourth-order valence-corrected chi connectivity index (χ4v) is 2.17. The molecule has 21 heavy (non-hydrogen) atoms. The van der Waals surface area contributed by atoms with E-state index < -0.39 is 0 Å². The number of nitriles is 1. The molecule has 2 rings (SSSR count). The summed E-state index contributed by atoms with van der Waals surface area (Å²) in [5, 5.41) is 12.5. The Morgan fingerprint density at radius 1 is 1.14 bits per heavy atom. The number of nitrogens with one attached hydrogen (secondary N) is 1. The van der Waals surface area contributed by atoms with E-state index in [1.165, 1.54) is 0 Å². The van der Waals surface area contributed by atoms with Crippen LogP contribution in [-0.2, 0) is 6.54 Å². The quantitative estimate of drug-likeness (QED) is 0.912. The van der Waals surface area contributed by atoms with Crippen molar-refractivity contribution in [1.82, 2.24) is 0 Å². The van der Waals surface area contributed by atoms with Gasteiger partial charge in [-0.15, -0.1) is 0 Å². The number of anilines is 1. The Bertz CT molecular complexity index is 675. The molecule has 1 N–H and O–H groups in total. The summed E-state index contributed by atoms with van der Waals surface area (Å²) >= 11 is 0. The maximum Gasteiger partial charge on any atom is 0.124 e. The lowest BCUT2D eigenvalue weighted by molar-refractivity contribution is 0.399. The van der Waals surface area contributed by atoms with Crippen LogP contribution in [0.5, 0.6) is 11.5 Å². The molecular formula is C17H18N2O2. The normalized spacial score (nSPS) is 9.81. The molecule has 0 heterocycles. The molecule has 108 valence electrons. The highest BCUT2D eigenvalue weighted by Gasteiger charge is 2.08. The predicted octanol–water partition coefficient (Wildman–Crippen LogP) is 3.50. The maximum atomic E-state index is 9.24. The third kappa shape index (κ3) is 3.26. The molecule has 4 heteroatoms. The van der Waals surface area contributed by atoms with E-state index in [1.54, 1.807) is 14.2 Å². The number of methoxy groups -OCH3 is 2. The minimum atomic E-state index is 0.554. The topological polar surface area (TPSA) is 54.3 Å². The molecule has 0 atom stereocenters. The molecule has 0 radical (unpaired) electrons. The fraction of sp³-hybridized carbons (Fsp3) is 0.235. The summed E-state index contributed by atoms with van der Waals surface area (Å²) in [4.78, 5) is 0. The van der Waals surface area contributed by atoms with Gasteiger partial charge in [0.25, 0.3) is 0 Å². The summed E-state index contributed by atoms with van der Waals surface area (Å²) in [5.41, 5.74) is 3.42. The minimum Gasteiger partial charge on any atom is -0.497 e. The van der Waals surface area contributed by atoms with Crippen LogP contribution in [0.15, 0.2) is 36.4 Å². The van der Waals surface area contributed by atoms with Crippen LogP contribution in [0, 0.1) is 18.3 Å². The molecule has 0 spiro atoms. The lowest BCUT2D eigenvalue weighted by Gasteiger charge is -2.13. The van der Waals surface area contributed by atoms with Crippen LogP contribution in [-0.4, -0.2) is 14.2 Å². The molecule has 4 nitrogen and oxygen atoms in total. The Morgan fingerprint density at radius 3 is 2.62 bits per heavy atom. The van der Waals surface area contributed by atoms with E-state index in [-0.39, 0.29) is 0 Å². The van der Waals surface area contributed by atoms with Crippen molar-refractivity contribution in [2.24, 2.45) is 0 Å². The van der Waals surface area contributed by atoms with Crippen molar-refractivity contribution in [3.8, 4) is 17.6 Å². The van der Waals surface area contributed by atoms with Crippen LogP contribution < -0.4 is 14.8 Å². The summed E-state index contributed by atoms with van der Waals surface area (Å²) < 4.78 is 10.6. The van der Waals surface area contributed by atoms with Gasteiger partial charge in [0, 0.05) is 12.1 Å². The zero-order valence-corrected chi connectivity index (χ0v) is 12.4. The van der Waals surface area contributed by atoms with E-state index in [1.807, 2.05) is 43.3 Å². The van der Waals surface area contributed by atoms with Gasteiger partial charge in [-0.1, -0.05) is 12.1 Å². The molecule has 0 aliphatic heterocycles. The van der Waals surface area contributed by atoms with Gasteiger partial charge in [0.05, 0.1) is 25.5 Å². The first-order valence-corrected chi connectivity index (χ1v) is 6.64. The minimum absolute atomic E-state index is 0.554. The summed E-state index contributed by atoms with van der Waals surface area (Å²) in [7, 11) is 3.27. The number of hydrogen-bond acceptors (Lipinski definition) is 4. The van der Waals surface area contributed by atoms with Crippen molar-refractivity contribution in [2.45, 2.75) is 13.5 Å². The lowest BCUT2D eigenvalue weighted by Crippen LogP contribution is -2.04. The second-order valence-electron chi connectivity index (χ2n) is 4.64. The van der Waals surface area contributed by atoms with E-state index in [4.69, 9.17) is 9.47 Å². The van der Waals surface area contributed by atoms with E-state index in [0.29, 0.717) is 12.1 Å². The molecule has 0 saturated heterocycles. The van der Waals surface area contributed by atoms with Crippen molar-refractivity contribution in [3.63, 3.8) is 0 Å². The van der Waals surface area contributed by atoms with E-state index >= 15 is 0 Å². The summed E-state index contributed by atoms with van der Waals surface area (Å²) in [6.07, 6.45) is 0. The standard InChI is InChI=1S/C17H18N2O2/c1-12-5-4-6-16(15(12)10-18)19-11-13-9-14(20-2)7-8-17(13)21-3/h4-9,19H,11H2,1-3H3. The third-order valence-corrected chi connectivity index (χ3v) is 3.34. The largest absolute Gasteiger partial charge is 0.497 e. The molecule has 0 aromatic heterocycles. The highest BCUT2D eigenvalue weighted by Crippen LogP contribution is 2.26. The number of ether oxygens (including phenoxy) is 2. The van der Waals surface area contributed by atoms with Crippen molar-refractivity contribution >= 4 is 5.69 Å². The Kier molecular flexibility index (Phi) is 4.68. The molecule has 2 aromatic carbocycles. The second-order valence-corrected chi connectivity index (χ2v) is 4.64. The number of rotatable bonds is 5. The summed E-state index contributed by atoms with van der Waals surface area (Å²) in [6.45, 7) is 2.48. The molecule has 0 aliphatic rings. The third-order valence-electron chi connectivity index (χ3n) is 3.34. The maximum absolute atomic E-state index is 9.24. The van der Waals surface area contributed by atoms with Crippen LogP contribution in [0.1, 0.15) is 16.7 Å². The average Bonchev–Trinajstić information content (AvgIpc) is 2.52. The monoisotopic (exact) mass is 282 g/mol. The van der Waals surface area contributed by atoms with Crippen LogP contribution in [0.2, 0.25) is 0 Å². The zero-order chi connectivity index (χ0) is 15.2. The Balaban J connectivity index is 2.24. The number of benzene rings is 2. The molecule has 0 saturated carbocycles. The smallest absolute Gasteiger partial charge is 0.124 e. The number of aryl methyl sites for hydroxylation is 1. The first-order valence-electron chi connectivity index (χ1n) is 6.64. The Hall–Kier alpha value is -2.67. The predicted molar refractivity (Wildman–Crippen MR) is 82.8 cm³/mol. The highest BCUT2D eigenvalue weighted by molar-refractivity contribution is 5.61. The number of nitrogens with zero attached hydrogens (tertiary/aromatic N) is 1. The van der Waals surface area contributed by atoms with Crippen molar-refractivity contribution < 1.29 is 9.47 Å². The SMILES string of the molecule is COc1ccc(OC)c(CNc2cccc(C)c2C#N)c1. The Labute approximate surface area is 124 Å². The van der Waals surface area contributed by atoms with E-state index in [9.17, 15) is 5.26 Å². The zero-order valence-electron chi connectivity index (χ0n) is 12.4. The van der Waals surface area contributed by atoms with Gasteiger partial charge in [-0.25, -0.2) is 0 Å². The molecule has 2 aromatic rings. The molecule has 0 aliphatic carbocycles. The first-order chi connectivity index (χ1) is 10.2. The van der Waals surface area contributed by atoms with Crippen molar-refractivity contribution in [2.75, 3.05) is 19.5 Å². The highest BCUT2D eigenvalue weighted by atomic mass is 16.5. The van der Waals surface area contributed by atoms with Crippen molar-refractivity contribution in [1.29, 1.82) is 5.26 Å². The molecule has 0 amide bonds. The van der Waals surface area contributed by atoms with Crippen LogP contribution >= 0.6 is 0 Å². The van der Waals surface area contributed by atoms with Gasteiger partial charge in [-0.2, -0.15) is 5.26 Å². The molecule has 0 fully saturated rings. The van der Waals surface area contributed by atoms with Gasteiger partial charge in [-0.05, 0) is 36.8 Å². The average molecular weight is 282 g/mol. The van der Waals surface area contributed by atoms with E-state index in [2.05, 4.69) is 11.4 Å². The van der Waals surface area contributed by atoms with Gasteiger partial charge in [-0.3, -0.25) is 0 Å². The van der Waals surface area contributed by atoms with Crippen LogP contribution in [0.4, 0.5) is 5.69 Å². The van der Waals surface area contributed by atoms with Crippen LogP contribution in [0.25, 0.3) is 0 Å². The Morgan fingerprint density at radius 2 is 1.95 bits per heavy atom. The van der Waals surface area contributed by atoms with Crippen LogP contribution in [0.3, 0.4) is 0 Å². The number of hydrogen-bond donors (Lipinski definition) is 1. The molecule has 0 unspecified atom stereocenters. The lowest BCUT2D eigenvalue weighted by atomic mass is 10.1. The van der Waals surface area contributed by atoms with Crippen molar-refractivity contribution in [3.05, 3.63) is 53.1 Å². The van der Waals surface area contributed by atoms with Gasteiger partial charge >= 0.3 is 0 Å². The second kappa shape index (κ2) is 6.67. The van der Waals surface area contributed by atoms with Gasteiger partial charge in [0.15, 0.2) is 0 Å². The van der Waals surface area contributed by atoms with Gasteiger partial charge in [0.1, 0.15) is 17.6 Å². The molecule has 0 bridgehead atoms. The van der Waals surface area contributed by atoms with Gasteiger partial charge < -0.3 is 14.8 Å². The van der Waals surface area contributed by atoms with E-state index in [0.717, 1.165) is 28.3 Å². The van der Waals surface area contributed by atoms with Gasteiger partial charge in [0.2, 0.25) is 0 Å².